The average Bonchev–Trinajstić information content (AvgIpc) is 3.14. The molecule has 0 radical (unpaired) electrons. The third-order valence-corrected chi connectivity index (χ3v) is 7.02. The van der Waals surface area contributed by atoms with Gasteiger partial charge in [-0.05, 0) is 32.4 Å². The number of hydrogen-bond acceptors (Lipinski definition) is 10. The predicted octanol–water partition coefficient (Wildman–Crippen LogP) is 2.54. The minimum absolute atomic E-state index is 0.107. The number of carbonyl (C=O) groups excluding carboxylic acids is 1. The quantitative estimate of drug-likeness (QED) is 0.484. The molecule has 0 fully saturated rings. The molecule has 5 rings (SSSR count). The highest BCUT2D eigenvalue weighted by Gasteiger charge is 2.41. The van der Waals surface area contributed by atoms with Gasteiger partial charge in [-0.3, -0.25) is 14.8 Å². The molecule has 2 aliphatic rings. The van der Waals surface area contributed by atoms with Crippen LogP contribution in [0.25, 0.3) is 0 Å². The molecule has 2 unspecified atom stereocenters. The topological polar surface area (TPSA) is 131 Å². The highest BCUT2D eigenvalue weighted by atomic mass is 32.2. The average molecular weight is 465 g/mol. The first kappa shape index (κ1) is 21.4. The zero-order chi connectivity index (χ0) is 23.1. The number of hydrazine groups is 1. The van der Waals surface area contributed by atoms with Gasteiger partial charge in [0.2, 0.25) is 11.9 Å². The van der Waals surface area contributed by atoms with E-state index in [2.05, 4.69) is 30.7 Å². The van der Waals surface area contributed by atoms with Crippen molar-refractivity contribution in [1.29, 1.82) is 0 Å². The Bertz CT molecular complexity index is 1220. The van der Waals surface area contributed by atoms with E-state index < -0.39 is 0 Å². The van der Waals surface area contributed by atoms with E-state index in [-0.39, 0.29) is 23.1 Å². The molecule has 3 aromatic heterocycles. The Morgan fingerprint density at radius 3 is 2.94 bits per heavy atom. The lowest BCUT2D eigenvalue weighted by Gasteiger charge is -2.26. The van der Waals surface area contributed by atoms with Crippen LogP contribution in [0.15, 0.2) is 35.6 Å². The van der Waals surface area contributed by atoms with E-state index in [1.165, 1.54) is 11.8 Å². The van der Waals surface area contributed by atoms with Crippen LogP contribution < -0.4 is 26.2 Å². The number of nitrogens with one attached hydrogen (secondary N) is 2. The Kier molecular flexibility index (Phi) is 5.51. The first-order valence-corrected chi connectivity index (χ1v) is 11.4. The van der Waals surface area contributed by atoms with Crippen molar-refractivity contribution in [2.75, 3.05) is 23.2 Å². The van der Waals surface area contributed by atoms with Crippen molar-refractivity contribution in [2.24, 2.45) is 0 Å². The number of methoxy groups -OCH3 is 1. The van der Waals surface area contributed by atoms with Crippen LogP contribution in [-0.2, 0) is 11.3 Å². The number of rotatable bonds is 5. The fourth-order valence-corrected chi connectivity index (χ4v) is 5.47. The predicted molar refractivity (Wildman–Crippen MR) is 126 cm³/mol. The zero-order valence-electron chi connectivity index (χ0n) is 18.5. The second-order valence-corrected chi connectivity index (χ2v) is 9.18. The summed E-state index contributed by atoms with van der Waals surface area (Å²) in [6, 6.07) is 5.29. The number of thioether (sulfide) groups is 1. The summed E-state index contributed by atoms with van der Waals surface area (Å²) < 4.78 is 5.55. The van der Waals surface area contributed by atoms with E-state index in [1.54, 1.807) is 31.6 Å². The van der Waals surface area contributed by atoms with Gasteiger partial charge in [-0.15, -0.1) is 0 Å². The molecule has 4 N–H and O–H groups in total. The summed E-state index contributed by atoms with van der Waals surface area (Å²) in [7, 11) is 1.66. The van der Waals surface area contributed by atoms with E-state index >= 15 is 0 Å². The normalized spacial score (nSPS) is 18.7. The fourth-order valence-electron chi connectivity index (χ4n) is 4.24. The van der Waals surface area contributed by atoms with Gasteiger partial charge in [0.1, 0.15) is 16.6 Å². The van der Waals surface area contributed by atoms with Crippen LogP contribution in [0.1, 0.15) is 34.8 Å². The number of nitrogen functional groups attached to an aromatic ring is 1. The highest BCUT2D eigenvalue weighted by Crippen LogP contribution is 2.47. The SMILES string of the molecule is COc1c(C)cnc(CN2NC3CC(C(=O)Nc4ccccn4)Sc4nc(N)nc2c43)c1C. The molecule has 0 saturated heterocycles. The number of aryl methyl sites for hydroxylation is 1. The van der Waals surface area contributed by atoms with Crippen LogP contribution in [-0.4, -0.2) is 38.2 Å². The molecule has 2 atom stereocenters. The minimum Gasteiger partial charge on any atom is -0.496 e. The molecule has 33 heavy (non-hydrogen) atoms. The van der Waals surface area contributed by atoms with Gasteiger partial charge in [-0.25, -0.2) is 15.4 Å². The monoisotopic (exact) mass is 464 g/mol. The molecular formula is C22H24N8O2S. The maximum atomic E-state index is 12.9. The number of ether oxygens (including phenoxy) is 1. The van der Waals surface area contributed by atoms with E-state index in [4.69, 9.17) is 10.5 Å². The number of amides is 1. The van der Waals surface area contributed by atoms with Gasteiger partial charge in [0.15, 0.2) is 5.82 Å². The van der Waals surface area contributed by atoms with Gasteiger partial charge >= 0.3 is 0 Å². The molecule has 170 valence electrons. The van der Waals surface area contributed by atoms with Crippen molar-refractivity contribution in [2.45, 2.75) is 43.1 Å². The molecule has 0 bridgehead atoms. The lowest BCUT2D eigenvalue weighted by atomic mass is 10.0. The van der Waals surface area contributed by atoms with Crippen molar-refractivity contribution >= 4 is 35.3 Å². The summed E-state index contributed by atoms with van der Waals surface area (Å²) in [5, 5.41) is 5.19. The number of nitrogens with two attached hydrogens (primary N) is 1. The van der Waals surface area contributed by atoms with Crippen molar-refractivity contribution in [3.63, 3.8) is 0 Å². The van der Waals surface area contributed by atoms with Crippen LogP contribution in [0, 0.1) is 13.8 Å². The van der Waals surface area contributed by atoms with Gasteiger partial charge in [0, 0.05) is 29.1 Å². The van der Waals surface area contributed by atoms with E-state index in [9.17, 15) is 4.79 Å². The second-order valence-electron chi connectivity index (χ2n) is 7.98. The van der Waals surface area contributed by atoms with Crippen LogP contribution in [0.3, 0.4) is 0 Å². The van der Waals surface area contributed by atoms with Crippen LogP contribution in [0.4, 0.5) is 17.6 Å². The van der Waals surface area contributed by atoms with E-state index in [0.29, 0.717) is 18.8 Å². The van der Waals surface area contributed by atoms with Gasteiger partial charge in [-0.2, -0.15) is 4.98 Å². The lowest BCUT2D eigenvalue weighted by Crippen LogP contribution is -2.38. The molecule has 11 heteroatoms. The molecule has 5 heterocycles. The third kappa shape index (κ3) is 3.93. The molecule has 3 aromatic rings. The van der Waals surface area contributed by atoms with Crippen molar-refractivity contribution < 1.29 is 9.53 Å². The summed E-state index contributed by atoms with van der Waals surface area (Å²) in [6.45, 7) is 4.43. The Morgan fingerprint density at radius 1 is 1.33 bits per heavy atom. The van der Waals surface area contributed by atoms with E-state index in [1.807, 2.05) is 24.9 Å². The van der Waals surface area contributed by atoms with E-state index in [0.717, 1.165) is 39.0 Å². The Balaban J connectivity index is 1.41. The largest absolute Gasteiger partial charge is 0.496 e. The number of aromatic nitrogens is 4. The number of hydrogen-bond donors (Lipinski definition) is 3. The molecule has 0 spiro atoms. The summed E-state index contributed by atoms with van der Waals surface area (Å²) in [4.78, 5) is 30.7. The van der Waals surface area contributed by atoms with Crippen LogP contribution in [0.2, 0.25) is 0 Å². The lowest BCUT2D eigenvalue weighted by molar-refractivity contribution is -0.116. The first-order valence-electron chi connectivity index (χ1n) is 10.5. The van der Waals surface area contributed by atoms with Gasteiger partial charge < -0.3 is 15.8 Å². The maximum absolute atomic E-state index is 12.9. The molecule has 0 saturated carbocycles. The highest BCUT2D eigenvalue weighted by molar-refractivity contribution is 8.00. The van der Waals surface area contributed by atoms with Crippen molar-refractivity contribution in [3.8, 4) is 5.75 Å². The fraction of sp³-hybridized carbons (Fsp3) is 0.318. The van der Waals surface area contributed by atoms with Crippen molar-refractivity contribution in [1.82, 2.24) is 25.4 Å². The Morgan fingerprint density at radius 2 is 2.18 bits per heavy atom. The molecule has 2 aliphatic heterocycles. The number of pyridine rings is 2. The Hall–Kier alpha value is -3.44. The molecule has 0 aliphatic carbocycles. The van der Waals surface area contributed by atoms with Crippen LogP contribution >= 0.6 is 11.8 Å². The van der Waals surface area contributed by atoms with Gasteiger partial charge in [0.25, 0.3) is 0 Å². The number of anilines is 3. The molecule has 0 aromatic carbocycles. The second kappa shape index (κ2) is 8.49. The number of nitrogens with zero attached hydrogens (tertiary/aromatic N) is 5. The summed E-state index contributed by atoms with van der Waals surface area (Å²) in [5.74, 6) is 2.11. The molecule has 1 amide bonds. The van der Waals surface area contributed by atoms with Gasteiger partial charge in [0.05, 0.1) is 30.6 Å². The summed E-state index contributed by atoms with van der Waals surface area (Å²) in [5.41, 5.74) is 13.3. The summed E-state index contributed by atoms with van der Waals surface area (Å²) in [6.07, 6.45) is 4.03. The van der Waals surface area contributed by atoms with Crippen molar-refractivity contribution in [3.05, 3.63) is 53.0 Å². The third-order valence-electron chi connectivity index (χ3n) is 5.79. The van der Waals surface area contributed by atoms with Gasteiger partial charge in [-0.1, -0.05) is 17.8 Å². The number of carbonyl (C=O) groups is 1. The molecule has 10 nitrogen and oxygen atoms in total. The minimum atomic E-state index is -0.349. The molecular weight excluding hydrogens is 440 g/mol. The zero-order valence-corrected chi connectivity index (χ0v) is 19.3. The smallest absolute Gasteiger partial charge is 0.239 e. The first-order chi connectivity index (χ1) is 15.9. The van der Waals surface area contributed by atoms with Crippen LogP contribution in [0.5, 0.6) is 5.75 Å². The summed E-state index contributed by atoms with van der Waals surface area (Å²) >= 11 is 1.40. The standard InChI is InChI=1S/C22H24N8O2S/c1-11-9-25-14(12(2)18(11)32-3)10-30-19-17-13(29-30)8-15(33-21(17)28-22(23)27-19)20(31)26-16-6-4-5-7-24-16/h4-7,9,13,15,29H,8,10H2,1-3H3,(H2,23,27,28)(H,24,26,31). The Labute approximate surface area is 195 Å². The maximum Gasteiger partial charge on any atom is 0.239 e.